The van der Waals surface area contributed by atoms with E-state index in [0.29, 0.717) is 17.5 Å². The second kappa shape index (κ2) is 8.09. The van der Waals surface area contributed by atoms with Crippen LogP contribution in [0.1, 0.15) is 43.1 Å². The monoisotopic (exact) mass is 430 g/mol. The molecule has 0 radical (unpaired) electrons. The summed E-state index contributed by atoms with van der Waals surface area (Å²) in [7, 11) is 4.27. The number of aliphatic hydroxyl groups is 1. The summed E-state index contributed by atoms with van der Waals surface area (Å²) in [6.07, 6.45) is 1.87. The first-order valence-corrected chi connectivity index (χ1v) is 10.2. The lowest BCUT2D eigenvalue weighted by atomic mass is 9.74. The summed E-state index contributed by atoms with van der Waals surface area (Å²) in [4.78, 5) is 38.9. The molecule has 0 saturated heterocycles. The normalized spacial score (nSPS) is 20.7. The van der Waals surface area contributed by atoms with Gasteiger partial charge in [0.1, 0.15) is 5.60 Å². The highest BCUT2D eigenvalue weighted by Gasteiger charge is 2.48. The molecule has 0 aliphatic heterocycles. The molecule has 0 saturated carbocycles. The van der Waals surface area contributed by atoms with Crippen LogP contribution < -0.4 is 0 Å². The molecule has 0 spiro atoms. The first kappa shape index (κ1) is 23.0. The lowest BCUT2D eigenvalue weighted by Gasteiger charge is -2.43. The third-order valence-electron chi connectivity index (χ3n) is 5.98. The van der Waals surface area contributed by atoms with Crippen molar-refractivity contribution in [3.05, 3.63) is 35.5 Å². The Bertz CT molecular complexity index is 1030. The largest absolute Gasteiger partial charge is 0.469 e. The molecule has 1 aliphatic rings. The molecule has 1 aromatic carbocycles. The SMILES string of the molecule is COC(=O)CN(C)[C@H]1Cc2cn(C(=O)C(C)(C)C)c3cccc(c23)[C@]1(O)CC(=O)OC. The molecular formula is C23H30N2O6. The molecule has 8 nitrogen and oxygen atoms in total. The van der Waals surface area contributed by atoms with Gasteiger partial charge in [0.15, 0.2) is 0 Å². The van der Waals surface area contributed by atoms with Crippen molar-refractivity contribution < 1.29 is 29.0 Å². The van der Waals surface area contributed by atoms with Gasteiger partial charge in [-0.15, -0.1) is 0 Å². The Morgan fingerprint density at radius 1 is 1.19 bits per heavy atom. The van der Waals surface area contributed by atoms with Crippen LogP contribution in [0.25, 0.3) is 10.9 Å². The van der Waals surface area contributed by atoms with E-state index >= 15 is 0 Å². The Morgan fingerprint density at radius 3 is 2.42 bits per heavy atom. The predicted molar refractivity (Wildman–Crippen MR) is 115 cm³/mol. The lowest BCUT2D eigenvalue weighted by molar-refractivity contribution is -0.152. The van der Waals surface area contributed by atoms with Crippen molar-refractivity contribution in [3.8, 4) is 0 Å². The number of hydrogen-bond donors (Lipinski definition) is 1. The van der Waals surface area contributed by atoms with Crippen molar-refractivity contribution >= 4 is 28.7 Å². The summed E-state index contributed by atoms with van der Waals surface area (Å²) in [5, 5.41) is 12.6. The summed E-state index contributed by atoms with van der Waals surface area (Å²) in [5.74, 6) is -1.09. The van der Waals surface area contributed by atoms with Gasteiger partial charge in [-0.05, 0) is 30.7 Å². The highest BCUT2D eigenvalue weighted by Crippen LogP contribution is 2.44. The fourth-order valence-electron chi connectivity index (χ4n) is 4.37. The Balaban J connectivity index is 2.20. The van der Waals surface area contributed by atoms with E-state index in [-0.39, 0.29) is 18.9 Å². The van der Waals surface area contributed by atoms with Gasteiger partial charge in [-0.3, -0.25) is 23.9 Å². The number of hydrogen-bond acceptors (Lipinski definition) is 7. The van der Waals surface area contributed by atoms with Gasteiger partial charge in [-0.2, -0.15) is 0 Å². The smallest absolute Gasteiger partial charge is 0.319 e. The van der Waals surface area contributed by atoms with Gasteiger partial charge in [0.2, 0.25) is 5.91 Å². The zero-order valence-corrected chi connectivity index (χ0v) is 18.9. The van der Waals surface area contributed by atoms with Crippen molar-refractivity contribution in [2.24, 2.45) is 5.41 Å². The first-order chi connectivity index (χ1) is 14.4. The van der Waals surface area contributed by atoms with Crippen LogP contribution in [-0.4, -0.2) is 66.3 Å². The minimum absolute atomic E-state index is 0.0579. The standard InChI is InChI=1S/C23H30N2O6/c1-22(2,3)21(28)25-12-14-10-17(24(4)13-19(27)31-6)23(29,11-18(26)30-5)15-8-7-9-16(25)20(14)15/h7-9,12,17,29H,10-11,13H2,1-6H3/t17-,23+/m0/s1. The number of benzene rings is 1. The summed E-state index contributed by atoms with van der Waals surface area (Å²) in [6.45, 7) is 5.50. The van der Waals surface area contributed by atoms with Crippen LogP contribution in [0, 0.1) is 5.41 Å². The van der Waals surface area contributed by atoms with E-state index < -0.39 is 29.0 Å². The zero-order valence-electron chi connectivity index (χ0n) is 18.9. The van der Waals surface area contributed by atoms with Crippen LogP contribution in [0.15, 0.2) is 24.4 Å². The van der Waals surface area contributed by atoms with Gasteiger partial charge in [0.05, 0.1) is 32.7 Å². The summed E-state index contributed by atoms with van der Waals surface area (Å²) in [5.41, 5.74) is -0.112. The Hall–Kier alpha value is -2.71. The van der Waals surface area contributed by atoms with Crippen molar-refractivity contribution in [2.45, 2.75) is 45.3 Å². The number of methoxy groups -OCH3 is 2. The maximum absolute atomic E-state index is 13.1. The molecule has 3 rings (SSSR count). The maximum Gasteiger partial charge on any atom is 0.319 e. The van der Waals surface area contributed by atoms with Gasteiger partial charge in [-0.25, -0.2) is 0 Å². The Kier molecular flexibility index (Phi) is 5.99. The number of carbonyl (C=O) groups is 3. The van der Waals surface area contributed by atoms with Crippen molar-refractivity contribution in [1.29, 1.82) is 0 Å². The lowest BCUT2D eigenvalue weighted by Crippen LogP contribution is -2.54. The van der Waals surface area contributed by atoms with Crippen LogP contribution in [0.5, 0.6) is 0 Å². The Morgan fingerprint density at radius 2 is 1.84 bits per heavy atom. The van der Waals surface area contributed by atoms with E-state index in [1.165, 1.54) is 14.2 Å². The van der Waals surface area contributed by atoms with Crippen molar-refractivity contribution in [2.75, 3.05) is 27.8 Å². The minimum atomic E-state index is -1.61. The third-order valence-corrected chi connectivity index (χ3v) is 5.98. The number of ether oxygens (including phenoxy) is 2. The van der Waals surface area contributed by atoms with E-state index in [9.17, 15) is 19.5 Å². The molecule has 0 amide bonds. The number of nitrogens with zero attached hydrogens (tertiary/aromatic N) is 2. The predicted octanol–water partition coefficient (Wildman–Crippen LogP) is 2.11. The topological polar surface area (TPSA) is 98.1 Å². The molecule has 0 unspecified atom stereocenters. The van der Waals surface area contributed by atoms with Crippen LogP contribution in [0.3, 0.4) is 0 Å². The first-order valence-electron chi connectivity index (χ1n) is 10.2. The van der Waals surface area contributed by atoms with Gasteiger partial charge >= 0.3 is 11.9 Å². The van der Waals surface area contributed by atoms with Crippen LogP contribution in [0.4, 0.5) is 0 Å². The number of likely N-dealkylation sites (N-methyl/N-ethyl adjacent to an activating group) is 1. The second-order valence-electron chi connectivity index (χ2n) is 9.17. The molecule has 0 fully saturated rings. The molecule has 168 valence electrons. The number of carbonyl (C=O) groups excluding carboxylic acids is 3. The molecule has 31 heavy (non-hydrogen) atoms. The summed E-state index contributed by atoms with van der Waals surface area (Å²) in [6, 6.07) is 4.75. The highest BCUT2D eigenvalue weighted by molar-refractivity contribution is 5.99. The average Bonchev–Trinajstić information content (AvgIpc) is 3.08. The molecule has 1 aliphatic carbocycles. The second-order valence-corrected chi connectivity index (χ2v) is 9.17. The zero-order chi connectivity index (χ0) is 23.1. The van der Waals surface area contributed by atoms with Crippen LogP contribution in [0.2, 0.25) is 0 Å². The number of esters is 2. The fourth-order valence-corrected chi connectivity index (χ4v) is 4.37. The molecule has 2 aromatic rings. The van der Waals surface area contributed by atoms with E-state index in [1.807, 2.05) is 26.8 Å². The molecule has 0 bridgehead atoms. The molecule has 1 N–H and O–H groups in total. The maximum atomic E-state index is 13.1. The fraction of sp³-hybridized carbons (Fsp3) is 0.522. The molecule has 1 heterocycles. The van der Waals surface area contributed by atoms with Crippen LogP contribution >= 0.6 is 0 Å². The van der Waals surface area contributed by atoms with E-state index in [2.05, 4.69) is 0 Å². The molecule has 2 atom stereocenters. The summed E-state index contributed by atoms with van der Waals surface area (Å²) >= 11 is 0. The van der Waals surface area contributed by atoms with E-state index in [1.54, 1.807) is 34.8 Å². The van der Waals surface area contributed by atoms with Crippen molar-refractivity contribution in [3.63, 3.8) is 0 Å². The minimum Gasteiger partial charge on any atom is -0.469 e. The molecule has 8 heteroatoms. The average molecular weight is 431 g/mol. The van der Waals surface area contributed by atoms with E-state index in [0.717, 1.165) is 10.9 Å². The quantitative estimate of drug-likeness (QED) is 0.726. The Labute approximate surface area is 181 Å². The van der Waals surface area contributed by atoms with Crippen molar-refractivity contribution in [1.82, 2.24) is 9.47 Å². The number of aromatic nitrogens is 1. The highest BCUT2D eigenvalue weighted by atomic mass is 16.5. The van der Waals surface area contributed by atoms with Gasteiger partial charge in [-0.1, -0.05) is 32.9 Å². The van der Waals surface area contributed by atoms with Gasteiger partial charge in [0.25, 0.3) is 0 Å². The van der Waals surface area contributed by atoms with Gasteiger partial charge < -0.3 is 14.6 Å². The molecule has 1 aromatic heterocycles. The third kappa shape index (κ3) is 3.97. The number of rotatable bonds is 5. The van der Waals surface area contributed by atoms with E-state index in [4.69, 9.17) is 9.47 Å². The van der Waals surface area contributed by atoms with Gasteiger partial charge in [0, 0.05) is 23.0 Å². The summed E-state index contributed by atoms with van der Waals surface area (Å²) < 4.78 is 11.3. The molecular weight excluding hydrogens is 400 g/mol. The van der Waals surface area contributed by atoms with Crippen LogP contribution in [-0.2, 0) is 31.1 Å².